The van der Waals surface area contributed by atoms with Crippen molar-refractivity contribution in [3.8, 4) is 0 Å². The topological polar surface area (TPSA) is 52.6 Å². The smallest absolute Gasteiger partial charge is 0.191 e. The predicted octanol–water partition coefficient (Wildman–Crippen LogP) is 2.77. The third kappa shape index (κ3) is 4.97. The number of pyridine rings is 1. The van der Waals surface area contributed by atoms with Gasteiger partial charge in [0, 0.05) is 50.3 Å². The summed E-state index contributed by atoms with van der Waals surface area (Å²) in [5.74, 6) is 0.916. The number of anilines is 1. The van der Waals surface area contributed by atoms with Crippen LogP contribution in [0.2, 0.25) is 0 Å². The summed E-state index contributed by atoms with van der Waals surface area (Å²) < 4.78 is 0. The third-order valence-electron chi connectivity index (χ3n) is 4.78. The summed E-state index contributed by atoms with van der Waals surface area (Å²) in [6.07, 6.45) is 5.83. The first-order chi connectivity index (χ1) is 12.8. The minimum atomic E-state index is 0.427. The minimum absolute atomic E-state index is 0.427. The summed E-state index contributed by atoms with van der Waals surface area (Å²) in [5.41, 5.74) is 3.84. The Hall–Kier alpha value is -2.56. The number of aryl methyl sites for hydroxylation is 1. The molecule has 3 rings (SSSR count). The molecule has 2 aromatic rings. The average molecular weight is 351 g/mol. The highest BCUT2D eigenvalue weighted by Crippen LogP contribution is 2.19. The number of rotatable bonds is 6. The number of guanidine groups is 1. The van der Waals surface area contributed by atoms with Gasteiger partial charge in [-0.1, -0.05) is 18.2 Å². The Balaban J connectivity index is 1.54. The Bertz CT molecular complexity index is 713. The maximum absolute atomic E-state index is 4.77. The van der Waals surface area contributed by atoms with Gasteiger partial charge < -0.3 is 15.5 Å². The standard InChI is InChI=1S/C21H29N5/c1-3-23-21(24-13-10-18-9-12-22-15-17(18)2)25-19-11-14-26(16-19)20-7-5-4-6-8-20/h4-9,12,15,19H,3,10-11,13-14,16H2,1-2H3,(H2,23,24,25). The first-order valence-electron chi connectivity index (χ1n) is 9.50. The average Bonchev–Trinajstić information content (AvgIpc) is 3.13. The molecule has 138 valence electrons. The van der Waals surface area contributed by atoms with Gasteiger partial charge in [-0.05, 0) is 56.0 Å². The number of aliphatic imine (C=N–C) groups is 1. The molecular weight excluding hydrogens is 322 g/mol. The van der Waals surface area contributed by atoms with E-state index in [1.807, 2.05) is 12.4 Å². The number of aromatic nitrogens is 1. The molecule has 1 unspecified atom stereocenters. The summed E-state index contributed by atoms with van der Waals surface area (Å²) in [7, 11) is 0. The lowest BCUT2D eigenvalue weighted by atomic mass is 10.1. The van der Waals surface area contributed by atoms with E-state index in [2.05, 4.69) is 70.8 Å². The Labute approximate surface area is 156 Å². The normalized spacial score (nSPS) is 17.4. The number of hydrogen-bond acceptors (Lipinski definition) is 3. The highest BCUT2D eigenvalue weighted by molar-refractivity contribution is 5.80. The number of nitrogens with one attached hydrogen (secondary N) is 2. The van der Waals surface area contributed by atoms with Crippen molar-refractivity contribution < 1.29 is 0 Å². The highest BCUT2D eigenvalue weighted by Gasteiger charge is 2.23. The number of benzene rings is 1. The molecule has 1 atom stereocenters. The van der Waals surface area contributed by atoms with Crippen molar-refractivity contribution in [3.63, 3.8) is 0 Å². The molecular formula is C21H29N5. The summed E-state index contributed by atoms with van der Waals surface area (Å²) in [5, 5.41) is 6.98. The Morgan fingerprint density at radius 2 is 2.12 bits per heavy atom. The summed E-state index contributed by atoms with van der Waals surface area (Å²) in [6.45, 7) is 7.95. The first kappa shape index (κ1) is 18.2. The van der Waals surface area contributed by atoms with Gasteiger partial charge in [-0.25, -0.2) is 0 Å². The number of para-hydroxylation sites is 1. The number of hydrogen-bond donors (Lipinski definition) is 2. The largest absolute Gasteiger partial charge is 0.369 e. The van der Waals surface area contributed by atoms with Crippen molar-refractivity contribution in [3.05, 3.63) is 59.9 Å². The molecule has 5 heteroatoms. The lowest BCUT2D eigenvalue weighted by Crippen LogP contribution is -2.44. The zero-order valence-corrected chi connectivity index (χ0v) is 15.8. The molecule has 1 aromatic carbocycles. The zero-order chi connectivity index (χ0) is 18.2. The van der Waals surface area contributed by atoms with Crippen LogP contribution in [0.3, 0.4) is 0 Å². The SMILES string of the molecule is CCNC(=NCCc1ccncc1C)NC1CCN(c2ccccc2)C1. The van der Waals surface area contributed by atoms with Crippen LogP contribution < -0.4 is 15.5 Å². The monoisotopic (exact) mass is 351 g/mol. The van der Waals surface area contributed by atoms with E-state index in [0.29, 0.717) is 6.04 Å². The lowest BCUT2D eigenvalue weighted by Gasteiger charge is -2.20. The maximum Gasteiger partial charge on any atom is 0.191 e. The van der Waals surface area contributed by atoms with Crippen molar-refractivity contribution in [1.82, 2.24) is 15.6 Å². The molecule has 0 radical (unpaired) electrons. The van der Waals surface area contributed by atoms with Gasteiger partial charge in [0.15, 0.2) is 5.96 Å². The van der Waals surface area contributed by atoms with Crippen LogP contribution in [0.25, 0.3) is 0 Å². The maximum atomic E-state index is 4.77. The van der Waals surface area contributed by atoms with Gasteiger partial charge >= 0.3 is 0 Å². The van der Waals surface area contributed by atoms with Crippen LogP contribution in [-0.4, -0.2) is 43.2 Å². The minimum Gasteiger partial charge on any atom is -0.369 e. The van der Waals surface area contributed by atoms with E-state index in [9.17, 15) is 0 Å². The molecule has 1 aliphatic heterocycles. The van der Waals surface area contributed by atoms with Crippen LogP contribution in [0.5, 0.6) is 0 Å². The van der Waals surface area contributed by atoms with Gasteiger partial charge in [-0.15, -0.1) is 0 Å². The summed E-state index contributed by atoms with van der Waals surface area (Å²) in [6, 6.07) is 13.1. The van der Waals surface area contributed by atoms with Crippen molar-refractivity contribution >= 4 is 11.6 Å². The quantitative estimate of drug-likeness (QED) is 0.621. The highest BCUT2D eigenvalue weighted by atomic mass is 15.2. The molecule has 0 amide bonds. The molecule has 0 bridgehead atoms. The van der Waals surface area contributed by atoms with E-state index in [4.69, 9.17) is 4.99 Å². The van der Waals surface area contributed by atoms with Gasteiger partial charge in [0.2, 0.25) is 0 Å². The van der Waals surface area contributed by atoms with Crippen LogP contribution in [0.1, 0.15) is 24.5 Å². The fraction of sp³-hybridized carbons (Fsp3) is 0.429. The van der Waals surface area contributed by atoms with E-state index in [0.717, 1.165) is 45.0 Å². The van der Waals surface area contributed by atoms with Gasteiger partial charge in [-0.2, -0.15) is 0 Å². The Morgan fingerprint density at radius 1 is 1.27 bits per heavy atom. The number of nitrogens with zero attached hydrogens (tertiary/aromatic N) is 3. The van der Waals surface area contributed by atoms with E-state index < -0.39 is 0 Å². The van der Waals surface area contributed by atoms with Crippen molar-refractivity contribution in [2.45, 2.75) is 32.7 Å². The first-order valence-corrected chi connectivity index (χ1v) is 9.50. The Morgan fingerprint density at radius 3 is 2.88 bits per heavy atom. The molecule has 0 aliphatic carbocycles. The van der Waals surface area contributed by atoms with E-state index in [1.54, 1.807) is 0 Å². The molecule has 1 aliphatic rings. The lowest BCUT2D eigenvalue weighted by molar-refractivity contribution is 0.649. The second-order valence-corrected chi connectivity index (χ2v) is 6.72. The van der Waals surface area contributed by atoms with E-state index >= 15 is 0 Å². The second kappa shape index (κ2) is 9.22. The molecule has 0 spiro atoms. The fourth-order valence-corrected chi connectivity index (χ4v) is 3.34. The molecule has 2 N–H and O–H groups in total. The molecule has 2 heterocycles. The van der Waals surface area contributed by atoms with Gasteiger partial charge in [0.05, 0.1) is 0 Å². The van der Waals surface area contributed by atoms with Crippen molar-refractivity contribution in [1.29, 1.82) is 0 Å². The molecule has 1 fully saturated rings. The van der Waals surface area contributed by atoms with E-state index in [1.165, 1.54) is 16.8 Å². The zero-order valence-electron chi connectivity index (χ0n) is 15.8. The van der Waals surface area contributed by atoms with Crippen LogP contribution in [-0.2, 0) is 6.42 Å². The second-order valence-electron chi connectivity index (χ2n) is 6.72. The Kier molecular flexibility index (Phi) is 6.47. The van der Waals surface area contributed by atoms with Crippen LogP contribution >= 0.6 is 0 Å². The van der Waals surface area contributed by atoms with Crippen molar-refractivity contribution in [2.75, 3.05) is 31.1 Å². The van der Waals surface area contributed by atoms with Gasteiger partial charge in [-0.3, -0.25) is 9.98 Å². The van der Waals surface area contributed by atoms with Gasteiger partial charge in [0.1, 0.15) is 0 Å². The van der Waals surface area contributed by atoms with E-state index in [-0.39, 0.29) is 0 Å². The summed E-state index contributed by atoms with van der Waals surface area (Å²) in [4.78, 5) is 11.4. The molecule has 1 aromatic heterocycles. The van der Waals surface area contributed by atoms with Crippen LogP contribution in [0, 0.1) is 6.92 Å². The molecule has 1 saturated heterocycles. The van der Waals surface area contributed by atoms with Crippen molar-refractivity contribution in [2.24, 2.45) is 4.99 Å². The van der Waals surface area contributed by atoms with Crippen LogP contribution in [0.15, 0.2) is 53.8 Å². The molecule has 26 heavy (non-hydrogen) atoms. The predicted molar refractivity (Wildman–Crippen MR) is 109 cm³/mol. The fourth-order valence-electron chi connectivity index (χ4n) is 3.34. The van der Waals surface area contributed by atoms with Gasteiger partial charge in [0.25, 0.3) is 0 Å². The molecule has 5 nitrogen and oxygen atoms in total. The molecule has 0 saturated carbocycles. The summed E-state index contributed by atoms with van der Waals surface area (Å²) >= 11 is 0. The third-order valence-corrected chi connectivity index (χ3v) is 4.78. The van der Waals surface area contributed by atoms with Crippen LogP contribution in [0.4, 0.5) is 5.69 Å².